The first-order valence-electron chi connectivity index (χ1n) is 8.30. The van der Waals surface area contributed by atoms with E-state index in [0.29, 0.717) is 43.2 Å². The van der Waals surface area contributed by atoms with Crippen molar-refractivity contribution >= 4 is 35.8 Å². The third-order valence-electron chi connectivity index (χ3n) is 4.59. The minimum absolute atomic E-state index is 0. The molecule has 0 saturated carbocycles. The second-order valence-corrected chi connectivity index (χ2v) is 6.91. The van der Waals surface area contributed by atoms with Crippen LogP contribution in [0.1, 0.15) is 23.2 Å². The zero-order valence-electron chi connectivity index (χ0n) is 14.1. The lowest BCUT2D eigenvalue weighted by atomic mass is 10.1. The van der Waals surface area contributed by atoms with Crippen LogP contribution in [-0.4, -0.2) is 66.3 Å². The number of hydrogen-bond donors (Lipinski definition) is 1. The number of rotatable bonds is 2. The van der Waals surface area contributed by atoms with E-state index in [1.165, 1.54) is 0 Å². The number of halogens is 4. The van der Waals surface area contributed by atoms with E-state index in [0.717, 1.165) is 0 Å². The summed E-state index contributed by atoms with van der Waals surface area (Å²) in [7, 11) is 0. The first-order chi connectivity index (χ1) is 11.9. The highest BCUT2D eigenvalue weighted by Gasteiger charge is 2.43. The molecule has 1 atom stereocenters. The number of benzene rings is 1. The lowest BCUT2D eigenvalue weighted by molar-refractivity contribution is -0.133. The molecule has 0 spiro atoms. The van der Waals surface area contributed by atoms with Crippen LogP contribution in [0, 0.1) is 0 Å². The van der Waals surface area contributed by atoms with Crippen LogP contribution in [0.15, 0.2) is 24.3 Å². The monoisotopic (exact) mass is 407 g/mol. The molecule has 1 unspecified atom stereocenters. The predicted octanol–water partition coefficient (Wildman–Crippen LogP) is 2.43. The summed E-state index contributed by atoms with van der Waals surface area (Å²) in [6, 6.07) is 5.82. The van der Waals surface area contributed by atoms with Gasteiger partial charge in [-0.2, -0.15) is 0 Å². The molecule has 144 valence electrons. The van der Waals surface area contributed by atoms with Gasteiger partial charge in [0.15, 0.2) is 0 Å². The Morgan fingerprint density at radius 2 is 1.69 bits per heavy atom. The number of carbonyl (C=O) groups excluding carboxylic acids is 2. The number of hydrogen-bond acceptors (Lipinski definition) is 3. The molecule has 1 aromatic rings. The fourth-order valence-corrected chi connectivity index (χ4v) is 3.35. The van der Waals surface area contributed by atoms with Crippen LogP contribution in [0.2, 0.25) is 5.02 Å². The molecule has 26 heavy (non-hydrogen) atoms. The fourth-order valence-electron chi connectivity index (χ4n) is 3.23. The van der Waals surface area contributed by atoms with Gasteiger partial charge in [0, 0.05) is 43.2 Å². The highest BCUT2D eigenvalue weighted by molar-refractivity contribution is 6.30. The molecule has 5 nitrogen and oxygen atoms in total. The average molecular weight is 408 g/mol. The molecule has 0 aromatic heterocycles. The largest absolute Gasteiger partial charge is 0.339 e. The van der Waals surface area contributed by atoms with Crippen molar-refractivity contribution in [2.24, 2.45) is 0 Å². The van der Waals surface area contributed by atoms with Crippen LogP contribution in [0.25, 0.3) is 0 Å². The SMILES string of the molecule is Cl.O=C(c1ccc(Cl)cc1)N1CCCN(C(=O)C2CC(F)(F)CN2)CC1. The number of nitrogens with zero attached hydrogens (tertiary/aromatic N) is 2. The molecule has 3 rings (SSSR count). The van der Waals surface area contributed by atoms with Gasteiger partial charge in [0.05, 0.1) is 12.6 Å². The van der Waals surface area contributed by atoms with Crippen molar-refractivity contribution in [2.45, 2.75) is 24.8 Å². The van der Waals surface area contributed by atoms with Crippen molar-refractivity contribution in [2.75, 3.05) is 32.7 Å². The molecule has 2 heterocycles. The molecule has 2 aliphatic heterocycles. The molecule has 0 aliphatic carbocycles. The minimum Gasteiger partial charge on any atom is -0.339 e. The van der Waals surface area contributed by atoms with Gasteiger partial charge in [-0.3, -0.25) is 14.9 Å². The molecule has 1 N–H and O–H groups in total. The van der Waals surface area contributed by atoms with Gasteiger partial charge in [-0.1, -0.05) is 11.6 Å². The summed E-state index contributed by atoms with van der Waals surface area (Å²) < 4.78 is 26.6. The summed E-state index contributed by atoms with van der Waals surface area (Å²) in [5.74, 6) is -3.25. The third-order valence-corrected chi connectivity index (χ3v) is 4.85. The van der Waals surface area contributed by atoms with Crippen LogP contribution >= 0.6 is 24.0 Å². The summed E-state index contributed by atoms with van der Waals surface area (Å²) in [5.41, 5.74) is 0.543. The molecule has 1 aromatic carbocycles. The van der Waals surface area contributed by atoms with Gasteiger partial charge < -0.3 is 9.80 Å². The smallest absolute Gasteiger partial charge is 0.262 e. The van der Waals surface area contributed by atoms with Gasteiger partial charge >= 0.3 is 0 Å². The Hall–Kier alpha value is -1.44. The van der Waals surface area contributed by atoms with Gasteiger partial charge in [-0.25, -0.2) is 8.78 Å². The summed E-state index contributed by atoms with van der Waals surface area (Å²) >= 11 is 5.84. The van der Waals surface area contributed by atoms with Gasteiger partial charge in [0.2, 0.25) is 5.91 Å². The third kappa shape index (κ3) is 4.84. The maximum Gasteiger partial charge on any atom is 0.262 e. The molecule has 2 fully saturated rings. The highest BCUT2D eigenvalue weighted by atomic mass is 35.5. The lowest BCUT2D eigenvalue weighted by Crippen LogP contribution is -2.45. The first-order valence-corrected chi connectivity index (χ1v) is 8.68. The Labute approximate surface area is 162 Å². The Kier molecular flexibility index (Phi) is 6.82. The van der Waals surface area contributed by atoms with E-state index >= 15 is 0 Å². The van der Waals surface area contributed by atoms with E-state index in [2.05, 4.69) is 5.32 Å². The molecule has 0 bridgehead atoms. The first kappa shape index (κ1) is 20.9. The summed E-state index contributed by atoms with van der Waals surface area (Å²) in [6.07, 6.45) is 0.157. The van der Waals surface area contributed by atoms with Gasteiger partial charge in [0.1, 0.15) is 0 Å². The van der Waals surface area contributed by atoms with Crippen molar-refractivity contribution in [1.82, 2.24) is 15.1 Å². The maximum atomic E-state index is 13.3. The van der Waals surface area contributed by atoms with Crippen LogP contribution in [0.3, 0.4) is 0 Å². The average Bonchev–Trinajstić information content (AvgIpc) is 2.80. The molecular formula is C17H21Cl2F2N3O2. The Morgan fingerprint density at radius 3 is 2.31 bits per heavy atom. The fraction of sp³-hybridized carbons (Fsp3) is 0.529. The Morgan fingerprint density at radius 1 is 1.08 bits per heavy atom. The van der Waals surface area contributed by atoms with Crippen LogP contribution in [0.5, 0.6) is 0 Å². The summed E-state index contributed by atoms with van der Waals surface area (Å²) in [5, 5.41) is 3.16. The second kappa shape index (κ2) is 8.50. The molecule has 9 heteroatoms. The summed E-state index contributed by atoms with van der Waals surface area (Å²) in [4.78, 5) is 28.3. The van der Waals surface area contributed by atoms with E-state index in [9.17, 15) is 18.4 Å². The normalized spacial score (nSPS) is 22.5. The molecule has 2 aliphatic rings. The van der Waals surface area contributed by atoms with E-state index < -0.39 is 24.9 Å². The zero-order chi connectivity index (χ0) is 18.0. The van der Waals surface area contributed by atoms with E-state index in [4.69, 9.17) is 11.6 Å². The van der Waals surface area contributed by atoms with Gasteiger partial charge in [0.25, 0.3) is 11.8 Å². The van der Waals surface area contributed by atoms with Crippen molar-refractivity contribution in [3.8, 4) is 0 Å². The highest BCUT2D eigenvalue weighted by Crippen LogP contribution is 2.26. The van der Waals surface area contributed by atoms with Gasteiger partial charge in [-0.15, -0.1) is 12.4 Å². The predicted molar refractivity (Wildman–Crippen MR) is 97.2 cm³/mol. The molecular weight excluding hydrogens is 387 g/mol. The topological polar surface area (TPSA) is 52.7 Å². The van der Waals surface area contributed by atoms with Crippen LogP contribution in [0.4, 0.5) is 8.78 Å². The lowest BCUT2D eigenvalue weighted by Gasteiger charge is -2.24. The van der Waals surface area contributed by atoms with E-state index in [1.807, 2.05) is 0 Å². The van der Waals surface area contributed by atoms with Crippen LogP contribution in [-0.2, 0) is 4.79 Å². The standard InChI is InChI=1S/C17H20ClF2N3O2.ClH/c18-13-4-2-12(3-5-13)15(24)22-6-1-7-23(9-8-22)16(25)14-10-17(19,20)11-21-14;/h2-5,14,21H,1,6-11H2;1H. The quantitative estimate of drug-likeness (QED) is 0.818. The van der Waals surface area contributed by atoms with E-state index in [-0.39, 0.29) is 24.2 Å². The van der Waals surface area contributed by atoms with Crippen molar-refractivity contribution < 1.29 is 18.4 Å². The van der Waals surface area contributed by atoms with Crippen molar-refractivity contribution in [1.29, 1.82) is 0 Å². The van der Waals surface area contributed by atoms with E-state index in [1.54, 1.807) is 34.1 Å². The number of carbonyl (C=O) groups is 2. The second-order valence-electron chi connectivity index (χ2n) is 6.47. The summed E-state index contributed by atoms with van der Waals surface area (Å²) in [6.45, 7) is 1.27. The van der Waals surface area contributed by atoms with Gasteiger partial charge in [-0.05, 0) is 30.7 Å². The number of alkyl halides is 2. The Balaban J connectivity index is 0.00000243. The Bertz CT molecular complexity index is 658. The number of amides is 2. The maximum absolute atomic E-state index is 13.3. The van der Waals surface area contributed by atoms with Crippen LogP contribution < -0.4 is 5.32 Å². The van der Waals surface area contributed by atoms with Crippen molar-refractivity contribution in [3.05, 3.63) is 34.9 Å². The molecule has 0 radical (unpaired) electrons. The minimum atomic E-state index is -2.83. The molecule has 2 saturated heterocycles. The van der Waals surface area contributed by atoms with Crippen molar-refractivity contribution in [3.63, 3.8) is 0 Å². The zero-order valence-corrected chi connectivity index (χ0v) is 15.7. The number of nitrogens with one attached hydrogen (secondary N) is 1. The molecule has 2 amide bonds.